The largest absolute Gasteiger partial charge is 0.490 e. The Labute approximate surface area is 133 Å². The number of aliphatic carboxylic acids is 1. The fraction of sp³-hybridized carbons (Fsp3) is 0.0714. The standard InChI is InChI=1S/C12H11N3O2.C2HF3O2/c13-11(14)8-5-4-7-2-1-3-10(9(7)6-8)15-12(16)17;3-2(4,5)1(6)7/h1-6,15H,(H3,13,14)(H,16,17);(H,6,7). The average molecular weight is 343 g/mol. The number of amidine groups is 1. The molecule has 6 N–H and O–H groups in total. The first-order valence-electron chi connectivity index (χ1n) is 6.19. The molecule has 128 valence electrons. The van der Waals surface area contributed by atoms with Crippen LogP contribution in [-0.2, 0) is 4.79 Å². The van der Waals surface area contributed by atoms with E-state index in [-0.39, 0.29) is 5.84 Å². The molecular weight excluding hydrogens is 331 g/mol. The first-order valence-corrected chi connectivity index (χ1v) is 6.19. The van der Waals surface area contributed by atoms with Crippen molar-refractivity contribution in [3.05, 3.63) is 42.0 Å². The number of carbonyl (C=O) groups is 2. The number of nitrogens with two attached hydrogens (primary N) is 1. The van der Waals surface area contributed by atoms with Crippen molar-refractivity contribution in [1.82, 2.24) is 0 Å². The molecule has 0 heterocycles. The molecule has 2 aromatic carbocycles. The fourth-order valence-corrected chi connectivity index (χ4v) is 1.66. The number of amides is 1. The Balaban J connectivity index is 0.000000351. The monoisotopic (exact) mass is 343 g/mol. The maximum Gasteiger partial charge on any atom is 0.490 e. The second-order valence-electron chi connectivity index (χ2n) is 4.39. The van der Waals surface area contributed by atoms with Gasteiger partial charge >= 0.3 is 18.2 Å². The number of benzene rings is 2. The predicted molar refractivity (Wildman–Crippen MR) is 80.3 cm³/mol. The third-order valence-electron chi connectivity index (χ3n) is 2.68. The van der Waals surface area contributed by atoms with Crippen molar-refractivity contribution in [3.8, 4) is 0 Å². The molecule has 0 aliphatic rings. The number of carboxylic acids is 1. The molecule has 0 atom stereocenters. The summed E-state index contributed by atoms with van der Waals surface area (Å²) in [7, 11) is 0. The Bertz CT molecular complexity index is 790. The Morgan fingerprint density at radius 3 is 2.17 bits per heavy atom. The van der Waals surface area contributed by atoms with Crippen molar-refractivity contribution in [3.63, 3.8) is 0 Å². The van der Waals surface area contributed by atoms with Gasteiger partial charge in [-0.2, -0.15) is 13.2 Å². The van der Waals surface area contributed by atoms with Crippen molar-refractivity contribution in [2.24, 2.45) is 5.73 Å². The summed E-state index contributed by atoms with van der Waals surface area (Å²) in [5.74, 6) is -2.80. The van der Waals surface area contributed by atoms with E-state index in [9.17, 15) is 18.0 Å². The van der Waals surface area contributed by atoms with E-state index in [1.807, 2.05) is 6.07 Å². The van der Waals surface area contributed by atoms with Crippen LogP contribution in [0.5, 0.6) is 0 Å². The van der Waals surface area contributed by atoms with Crippen LogP contribution in [0.1, 0.15) is 5.56 Å². The van der Waals surface area contributed by atoms with Crippen molar-refractivity contribution < 1.29 is 33.0 Å². The quantitative estimate of drug-likeness (QED) is 0.422. The number of fused-ring (bicyclic) bond motifs is 1. The van der Waals surface area contributed by atoms with E-state index in [1.165, 1.54) is 0 Å². The summed E-state index contributed by atoms with van der Waals surface area (Å²) in [6.07, 6.45) is -6.20. The van der Waals surface area contributed by atoms with Gasteiger partial charge in [-0.25, -0.2) is 9.59 Å². The van der Waals surface area contributed by atoms with Gasteiger partial charge in [0.05, 0.1) is 5.69 Å². The maximum absolute atomic E-state index is 10.7. The average Bonchev–Trinajstić information content (AvgIpc) is 2.46. The van der Waals surface area contributed by atoms with Crippen molar-refractivity contribution in [1.29, 1.82) is 5.41 Å². The number of nitrogen functional groups attached to an aromatic ring is 1. The number of rotatable bonds is 2. The second-order valence-corrected chi connectivity index (χ2v) is 4.39. The van der Waals surface area contributed by atoms with E-state index in [4.69, 9.17) is 26.2 Å². The highest BCUT2D eigenvalue weighted by atomic mass is 19.4. The summed E-state index contributed by atoms with van der Waals surface area (Å²) >= 11 is 0. The van der Waals surface area contributed by atoms with E-state index in [0.29, 0.717) is 11.3 Å². The van der Waals surface area contributed by atoms with E-state index in [0.717, 1.165) is 10.8 Å². The number of alkyl halides is 3. The summed E-state index contributed by atoms with van der Waals surface area (Å²) in [6, 6.07) is 10.5. The van der Waals surface area contributed by atoms with Crippen LogP contribution in [0.25, 0.3) is 10.8 Å². The normalized spacial score (nSPS) is 10.5. The third-order valence-corrected chi connectivity index (χ3v) is 2.68. The van der Waals surface area contributed by atoms with Crippen LogP contribution in [0.4, 0.5) is 23.7 Å². The summed E-state index contributed by atoms with van der Waals surface area (Å²) < 4.78 is 31.7. The highest BCUT2D eigenvalue weighted by Crippen LogP contribution is 2.24. The molecule has 0 fully saturated rings. The minimum atomic E-state index is -5.08. The maximum atomic E-state index is 10.7. The van der Waals surface area contributed by atoms with Gasteiger partial charge in [-0.05, 0) is 17.5 Å². The zero-order valence-electron chi connectivity index (χ0n) is 11.9. The van der Waals surface area contributed by atoms with Crippen LogP contribution < -0.4 is 11.1 Å². The molecule has 0 aliphatic heterocycles. The van der Waals surface area contributed by atoms with E-state index in [1.54, 1.807) is 30.3 Å². The molecule has 24 heavy (non-hydrogen) atoms. The van der Waals surface area contributed by atoms with E-state index in [2.05, 4.69) is 5.32 Å². The highest BCUT2D eigenvalue weighted by Gasteiger charge is 2.38. The zero-order chi connectivity index (χ0) is 18.5. The van der Waals surface area contributed by atoms with Gasteiger partial charge < -0.3 is 15.9 Å². The molecule has 0 unspecified atom stereocenters. The molecule has 0 aliphatic carbocycles. The lowest BCUT2D eigenvalue weighted by atomic mass is 10.0. The van der Waals surface area contributed by atoms with Crippen molar-refractivity contribution >= 4 is 34.4 Å². The molecule has 0 bridgehead atoms. The molecule has 0 saturated carbocycles. The molecule has 0 saturated heterocycles. The molecular formula is C14H12F3N3O4. The molecule has 10 heteroatoms. The fourth-order valence-electron chi connectivity index (χ4n) is 1.66. The van der Waals surface area contributed by atoms with Gasteiger partial charge in [-0.15, -0.1) is 0 Å². The van der Waals surface area contributed by atoms with Crippen LogP contribution in [0, 0.1) is 5.41 Å². The number of carboxylic acid groups (broad SMARTS) is 2. The molecule has 2 rings (SSSR count). The Kier molecular flexibility index (Phi) is 5.71. The molecule has 1 amide bonds. The Morgan fingerprint density at radius 1 is 1.12 bits per heavy atom. The molecule has 0 spiro atoms. The number of anilines is 1. The van der Waals surface area contributed by atoms with Crippen molar-refractivity contribution in [2.75, 3.05) is 5.32 Å². The molecule has 0 aromatic heterocycles. The van der Waals surface area contributed by atoms with E-state index >= 15 is 0 Å². The number of hydrogen-bond donors (Lipinski definition) is 5. The Morgan fingerprint density at radius 2 is 1.71 bits per heavy atom. The summed E-state index contributed by atoms with van der Waals surface area (Å²) in [4.78, 5) is 19.5. The molecule has 7 nitrogen and oxygen atoms in total. The van der Waals surface area contributed by atoms with Gasteiger partial charge in [-0.1, -0.05) is 24.3 Å². The highest BCUT2D eigenvalue weighted by molar-refractivity contribution is 6.04. The van der Waals surface area contributed by atoms with Gasteiger partial charge in [0, 0.05) is 10.9 Å². The lowest BCUT2D eigenvalue weighted by Gasteiger charge is -2.07. The van der Waals surface area contributed by atoms with Gasteiger partial charge in [0.1, 0.15) is 5.84 Å². The SMILES string of the molecule is N=C(N)c1ccc2cccc(NC(=O)O)c2c1.O=C(O)C(F)(F)F. The topological polar surface area (TPSA) is 136 Å². The van der Waals surface area contributed by atoms with E-state index < -0.39 is 18.2 Å². The summed E-state index contributed by atoms with van der Waals surface area (Å²) in [5.41, 5.74) is 6.45. The number of nitrogens with one attached hydrogen (secondary N) is 2. The predicted octanol–water partition coefficient (Wildman–Crippen LogP) is 2.85. The van der Waals surface area contributed by atoms with Gasteiger partial charge in [-0.3, -0.25) is 10.7 Å². The lowest BCUT2D eigenvalue weighted by molar-refractivity contribution is -0.192. The number of halogens is 3. The van der Waals surface area contributed by atoms with Gasteiger partial charge in [0.25, 0.3) is 0 Å². The first kappa shape index (κ1) is 18.7. The minimum absolute atomic E-state index is 0.0444. The van der Waals surface area contributed by atoms with Crippen LogP contribution in [-0.4, -0.2) is 34.3 Å². The van der Waals surface area contributed by atoms with Gasteiger partial charge in [0.2, 0.25) is 0 Å². The Hall–Kier alpha value is -3.30. The van der Waals surface area contributed by atoms with Crippen LogP contribution >= 0.6 is 0 Å². The van der Waals surface area contributed by atoms with Crippen LogP contribution in [0.2, 0.25) is 0 Å². The molecule has 2 aromatic rings. The first-order chi connectivity index (χ1) is 11.0. The van der Waals surface area contributed by atoms with Crippen LogP contribution in [0.3, 0.4) is 0 Å². The lowest BCUT2D eigenvalue weighted by Crippen LogP contribution is -2.21. The third kappa shape index (κ3) is 5.16. The second kappa shape index (κ2) is 7.31. The van der Waals surface area contributed by atoms with Gasteiger partial charge in [0.15, 0.2) is 0 Å². The van der Waals surface area contributed by atoms with Crippen molar-refractivity contribution in [2.45, 2.75) is 6.18 Å². The zero-order valence-corrected chi connectivity index (χ0v) is 11.9. The molecule has 0 radical (unpaired) electrons. The number of hydrogen-bond acceptors (Lipinski definition) is 3. The van der Waals surface area contributed by atoms with Crippen LogP contribution in [0.15, 0.2) is 36.4 Å². The smallest absolute Gasteiger partial charge is 0.475 e. The summed E-state index contributed by atoms with van der Waals surface area (Å²) in [6.45, 7) is 0. The summed E-state index contributed by atoms with van der Waals surface area (Å²) in [5, 5.41) is 27.1. The minimum Gasteiger partial charge on any atom is -0.475 e.